The lowest BCUT2D eigenvalue weighted by Crippen LogP contribution is -2.43. The van der Waals surface area contributed by atoms with Gasteiger partial charge in [-0.25, -0.2) is 0 Å². The second-order valence-electron chi connectivity index (χ2n) is 2.61. The van der Waals surface area contributed by atoms with Crippen molar-refractivity contribution in [3.05, 3.63) is 6.92 Å². The quantitative estimate of drug-likeness (QED) is 0.472. The number of aliphatic hydroxyl groups excluding tert-OH is 3. The molecule has 67 valence electrons. The molecule has 0 aliphatic rings. The average molecular weight is 162 g/mol. The van der Waals surface area contributed by atoms with Crippen molar-refractivity contribution in [3.63, 3.8) is 0 Å². The molecule has 0 bridgehead atoms. The van der Waals surface area contributed by atoms with Crippen LogP contribution in [-0.2, 0) is 0 Å². The minimum atomic E-state index is -0.792. The molecule has 3 N–H and O–H groups in total. The van der Waals surface area contributed by atoms with Crippen LogP contribution in [0.4, 0.5) is 0 Å². The van der Waals surface area contributed by atoms with Crippen molar-refractivity contribution in [2.45, 2.75) is 32.4 Å². The van der Waals surface area contributed by atoms with Gasteiger partial charge < -0.3 is 15.3 Å². The van der Waals surface area contributed by atoms with Gasteiger partial charge in [-0.2, -0.15) is 0 Å². The first-order valence-corrected chi connectivity index (χ1v) is 3.58. The van der Waals surface area contributed by atoms with Gasteiger partial charge in [-0.05, 0) is 20.8 Å². The van der Waals surface area contributed by atoms with Crippen molar-refractivity contribution in [1.82, 2.24) is 4.90 Å². The number of aliphatic hydroxyl groups is 3. The Balaban J connectivity index is 3.90. The van der Waals surface area contributed by atoms with Crippen LogP contribution in [-0.4, -0.2) is 45.3 Å². The highest BCUT2D eigenvalue weighted by molar-refractivity contribution is 4.66. The SMILES string of the molecule is [CH2]C(O)CN(C(C)O)C(C)O. The van der Waals surface area contributed by atoms with Gasteiger partial charge in [0.2, 0.25) is 0 Å². The predicted octanol–water partition coefficient (Wildman–Crippen LogP) is -0.840. The fourth-order valence-corrected chi connectivity index (χ4v) is 0.861. The molecule has 0 saturated carbocycles. The van der Waals surface area contributed by atoms with Crippen LogP contribution < -0.4 is 0 Å². The Hall–Kier alpha value is -0.160. The normalized spacial score (nSPS) is 19.9. The van der Waals surface area contributed by atoms with Crippen LogP contribution in [0.5, 0.6) is 0 Å². The van der Waals surface area contributed by atoms with Crippen molar-refractivity contribution >= 4 is 0 Å². The van der Waals surface area contributed by atoms with Crippen LogP contribution in [0.1, 0.15) is 13.8 Å². The summed E-state index contributed by atoms with van der Waals surface area (Å²) in [5.41, 5.74) is 0. The fourth-order valence-electron chi connectivity index (χ4n) is 0.861. The van der Waals surface area contributed by atoms with Gasteiger partial charge in [0.15, 0.2) is 0 Å². The zero-order chi connectivity index (χ0) is 9.02. The second kappa shape index (κ2) is 4.66. The predicted molar refractivity (Wildman–Crippen MR) is 41.4 cm³/mol. The van der Waals surface area contributed by atoms with Gasteiger partial charge in [0, 0.05) is 6.54 Å². The van der Waals surface area contributed by atoms with E-state index in [-0.39, 0.29) is 6.54 Å². The first-order chi connectivity index (χ1) is 4.95. The van der Waals surface area contributed by atoms with Gasteiger partial charge >= 0.3 is 0 Å². The van der Waals surface area contributed by atoms with Crippen LogP contribution in [0.15, 0.2) is 0 Å². The van der Waals surface area contributed by atoms with E-state index in [1.807, 2.05) is 0 Å². The molecule has 4 nitrogen and oxygen atoms in total. The van der Waals surface area contributed by atoms with E-state index in [2.05, 4.69) is 6.92 Å². The molecule has 0 aliphatic heterocycles. The Morgan fingerprint density at radius 1 is 1.18 bits per heavy atom. The summed E-state index contributed by atoms with van der Waals surface area (Å²) < 4.78 is 0. The van der Waals surface area contributed by atoms with Gasteiger partial charge in [-0.3, -0.25) is 4.90 Å². The monoisotopic (exact) mass is 162 g/mol. The van der Waals surface area contributed by atoms with Crippen LogP contribution in [0.25, 0.3) is 0 Å². The first kappa shape index (κ1) is 10.8. The maximum atomic E-state index is 9.06. The molecular weight excluding hydrogens is 146 g/mol. The van der Waals surface area contributed by atoms with E-state index in [4.69, 9.17) is 15.3 Å². The number of hydrogen-bond donors (Lipinski definition) is 3. The highest BCUT2D eigenvalue weighted by Gasteiger charge is 2.17. The molecule has 1 radical (unpaired) electrons. The highest BCUT2D eigenvalue weighted by Crippen LogP contribution is 2.01. The molecule has 0 fully saturated rings. The Kier molecular flexibility index (Phi) is 4.60. The molecule has 0 aromatic rings. The maximum Gasteiger partial charge on any atom is 0.106 e. The van der Waals surface area contributed by atoms with E-state index in [9.17, 15) is 0 Å². The lowest BCUT2D eigenvalue weighted by atomic mass is 10.3. The third-order valence-corrected chi connectivity index (χ3v) is 1.38. The van der Waals surface area contributed by atoms with Gasteiger partial charge in [0.05, 0.1) is 6.10 Å². The third kappa shape index (κ3) is 4.31. The Bertz CT molecular complexity index is 95.9. The minimum absolute atomic E-state index is 0.162. The first-order valence-electron chi connectivity index (χ1n) is 3.58. The van der Waals surface area contributed by atoms with E-state index in [0.717, 1.165) is 0 Å². The lowest BCUT2D eigenvalue weighted by Gasteiger charge is -2.28. The topological polar surface area (TPSA) is 63.9 Å². The van der Waals surface area contributed by atoms with Gasteiger partial charge in [0.1, 0.15) is 12.5 Å². The minimum Gasteiger partial charge on any atom is -0.392 e. The molecule has 0 heterocycles. The molecule has 0 aromatic heterocycles. The summed E-state index contributed by atoms with van der Waals surface area (Å²) in [5.74, 6) is 0. The Labute approximate surface area is 67.1 Å². The molecule has 3 unspecified atom stereocenters. The highest BCUT2D eigenvalue weighted by atomic mass is 16.3. The molecule has 0 saturated heterocycles. The lowest BCUT2D eigenvalue weighted by molar-refractivity contribution is -0.0960. The summed E-state index contributed by atoms with van der Waals surface area (Å²) >= 11 is 0. The van der Waals surface area contributed by atoms with E-state index >= 15 is 0 Å². The third-order valence-electron chi connectivity index (χ3n) is 1.38. The standard InChI is InChI=1S/C7H16NO3/c1-5(9)4-8(6(2)10)7(3)11/h5-7,9-11H,1,4H2,2-3H3. The Morgan fingerprint density at radius 3 is 1.64 bits per heavy atom. The van der Waals surface area contributed by atoms with Crippen LogP contribution >= 0.6 is 0 Å². The van der Waals surface area contributed by atoms with E-state index in [1.165, 1.54) is 18.7 Å². The van der Waals surface area contributed by atoms with Crippen molar-refractivity contribution in [1.29, 1.82) is 0 Å². The molecule has 3 atom stereocenters. The number of rotatable bonds is 4. The molecule has 0 rings (SSSR count). The van der Waals surface area contributed by atoms with Crippen LogP contribution in [0.3, 0.4) is 0 Å². The zero-order valence-corrected chi connectivity index (χ0v) is 6.94. The summed E-state index contributed by atoms with van der Waals surface area (Å²) in [6, 6.07) is 0. The second-order valence-corrected chi connectivity index (χ2v) is 2.61. The molecular formula is C7H16NO3. The van der Waals surface area contributed by atoms with Crippen molar-refractivity contribution in [3.8, 4) is 0 Å². The van der Waals surface area contributed by atoms with Crippen molar-refractivity contribution in [2.24, 2.45) is 0 Å². The average Bonchev–Trinajstić information content (AvgIpc) is 1.81. The summed E-state index contributed by atoms with van der Waals surface area (Å²) in [4.78, 5) is 1.33. The van der Waals surface area contributed by atoms with Gasteiger partial charge in [0.25, 0.3) is 0 Å². The Morgan fingerprint density at radius 2 is 1.55 bits per heavy atom. The number of hydrogen-bond acceptors (Lipinski definition) is 4. The largest absolute Gasteiger partial charge is 0.392 e. The zero-order valence-electron chi connectivity index (χ0n) is 6.94. The summed E-state index contributed by atoms with van der Waals surface area (Å²) in [7, 11) is 0. The molecule has 0 spiro atoms. The summed E-state index contributed by atoms with van der Waals surface area (Å²) in [5, 5.41) is 27.0. The van der Waals surface area contributed by atoms with E-state index in [1.54, 1.807) is 0 Å². The molecule has 4 heteroatoms. The fraction of sp³-hybridized carbons (Fsp3) is 0.857. The molecule has 11 heavy (non-hydrogen) atoms. The number of nitrogens with zero attached hydrogens (tertiary/aromatic N) is 1. The van der Waals surface area contributed by atoms with E-state index < -0.39 is 18.6 Å². The van der Waals surface area contributed by atoms with Crippen molar-refractivity contribution < 1.29 is 15.3 Å². The van der Waals surface area contributed by atoms with Gasteiger partial charge in [-0.1, -0.05) is 0 Å². The van der Waals surface area contributed by atoms with Crippen LogP contribution in [0, 0.1) is 6.92 Å². The van der Waals surface area contributed by atoms with Crippen LogP contribution in [0.2, 0.25) is 0 Å². The maximum absolute atomic E-state index is 9.06. The molecule has 0 amide bonds. The molecule has 0 aliphatic carbocycles. The molecule has 0 aromatic carbocycles. The summed E-state index contributed by atoms with van der Waals surface area (Å²) in [6.07, 6.45) is -2.34. The van der Waals surface area contributed by atoms with Crippen molar-refractivity contribution in [2.75, 3.05) is 6.54 Å². The summed E-state index contributed by atoms with van der Waals surface area (Å²) in [6.45, 7) is 6.54. The van der Waals surface area contributed by atoms with Gasteiger partial charge in [-0.15, -0.1) is 0 Å². The van der Waals surface area contributed by atoms with E-state index in [0.29, 0.717) is 0 Å². The smallest absolute Gasteiger partial charge is 0.106 e.